The molecule has 0 saturated carbocycles. The maximum atomic E-state index is 11.8. The summed E-state index contributed by atoms with van der Waals surface area (Å²) in [5.74, 6) is -0.198. The van der Waals surface area contributed by atoms with Gasteiger partial charge in [-0.25, -0.2) is 8.42 Å². The summed E-state index contributed by atoms with van der Waals surface area (Å²) in [5.41, 5.74) is 1.07. The van der Waals surface area contributed by atoms with Gasteiger partial charge in [0.05, 0.1) is 4.92 Å². The van der Waals surface area contributed by atoms with Crippen molar-refractivity contribution in [1.29, 1.82) is 0 Å². The Morgan fingerprint density at radius 1 is 1.19 bits per heavy atom. The first kappa shape index (κ1) is 19.4. The lowest BCUT2D eigenvalue weighted by atomic mass is 10.1. The van der Waals surface area contributed by atoms with Crippen LogP contribution in [0.25, 0.3) is 0 Å². The minimum atomic E-state index is -3.72. The largest absolute Gasteiger partial charge is 0.379 e. The van der Waals surface area contributed by atoms with Crippen molar-refractivity contribution >= 4 is 27.1 Å². The molecule has 0 unspecified atom stereocenters. The number of nitro groups is 1. The van der Waals surface area contributed by atoms with E-state index in [1.165, 1.54) is 18.2 Å². The minimum Gasteiger partial charge on any atom is -0.379 e. The van der Waals surface area contributed by atoms with Gasteiger partial charge in [-0.1, -0.05) is 18.2 Å². The van der Waals surface area contributed by atoms with Crippen LogP contribution in [-0.4, -0.2) is 39.1 Å². The molecule has 0 radical (unpaired) electrons. The van der Waals surface area contributed by atoms with Gasteiger partial charge in [0.25, 0.3) is 5.91 Å². The molecular formula is C17H19N3O5S. The van der Waals surface area contributed by atoms with Gasteiger partial charge in [-0.2, -0.15) is 0 Å². The number of nitrogens with zero attached hydrogens (tertiary/aromatic N) is 1. The van der Waals surface area contributed by atoms with Crippen molar-refractivity contribution in [2.24, 2.45) is 0 Å². The van der Waals surface area contributed by atoms with Crippen LogP contribution in [0.3, 0.4) is 0 Å². The van der Waals surface area contributed by atoms with Gasteiger partial charge in [0.2, 0.25) is 0 Å². The number of amides is 1. The van der Waals surface area contributed by atoms with E-state index in [-0.39, 0.29) is 16.5 Å². The molecule has 26 heavy (non-hydrogen) atoms. The number of anilines is 1. The fourth-order valence-electron chi connectivity index (χ4n) is 2.51. The van der Waals surface area contributed by atoms with Crippen LogP contribution in [0.5, 0.6) is 0 Å². The molecule has 0 aliphatic rings. The first-order chi connectivity index (χ1) is 12.2. The Balaban J connectivity index is 2.18. The molecule has 0 heterocycles. The molecule has 2 aromatic carbocycles. The molecule has 9 heteroatoms. The molecule has 2 aromatic rings. The van der Waals surface area contributed by atoms with Crippen molar-refractivity contribution < 1.29 is 18.1 Å². The number of para-hydroxylation sites is 1. The molecule has 0 spiro atoms. The second kappa shape index (κ2) is 7.96. The van der Waals surface area contributed by atoms with Crippen molar-refractivity contribution in [2.45, 2.75) is 11.3 Å². The van der Waals surface area contributed by atoms with Crippen LogP contribution in [0, 0.1) is 10.1 Å². The van der Waals surface area contributed by atoms with Crippen LogP contribution < -0.4 is 10.6 Å². The Morgan fingerprint density at radius 3 is 2.50 bits per heavy atom. The zero-order valence-electron chi connectivity index (χ0n) is 14.4. The van der Waals surface area contributed by atoms with Crippen LogP contribution >= 0.6 is 0 Å². The second-order valence-electron chi connectivity index (χ2n) is 5.64. The third-order valence-corrected chi connectivity index (χ3v) is 4.85. The van der Waals surface area contributed by atoms with E-state index in [2.05, 4.69) is 10.6 Å². The van der Waals surface area contributed by atoms with E-state index in [0.717, 1.165) is 11.8 Å². The molecule has 1 amide bonds. The van der Waals surface area contributed by atoms with E-state index >= 15 is 0 Å². The number of nitro benzene ring substituents is 1. The number of carbonyl (C=O) groups is 1. The normalized spacial score (nSPS) is 11.0. The molecule has 2 rings (SSSR count). The number of hydrogen-bond acceptors (Lipinski definition) is 6. The van der Waals surface area contributed by atoms with Crippen LogP contribution in [-0.2, 0) is 16.3 Å². The lowest BCUT2D eigenvalue weighted by Crippen LogP contribution is -2.18. The van der Waals surface area contributed by atoms with Crippen molar-refractivity contribution in [3.63, 3.8) is 0 Å². The molecule has 8 nitrogen and oxygen atoms in total. The van der Waals surface area contributed by atoms with E-state index in [4.69, 9.17) is 0 Å². The molecule has 0 aliphatic heterocycles. The predicted molar refractivity (Wildman–Crippen MR) is 98.2 cm³/mol. The smallest absolute Gasteiger partial charge is 0.310 e. The van der Waals surface area contributed by atoms with E-state index in [9.17, 15) is 23.3 Å². The highest BCUT2D eigenvalue weighted by Gasteiger charge is 2.25. The Kier molecular flexibility index (Phi) is 5.93. The maximum absolute atomic E-state index is 11.8. The summed E-state index contributed by atoms with van der Waals surface area (Å²) >= 11 is 0. The highest BCUT2D eigenvalue weighted by atomic mass is 32.2. The topological polar surface area (TPSA) is 118 Å². The van der Waals surface area contributed by atoms with Crippen molar-refractivity contribution in [3.8, 4) is 0 Å². The Hall–Kier alpha value is -2.94. The van der Waals surface area contributed by atoms with Gasteiger partial charge in [-0.3, -0.25) is 14.9 Å². The molecule has 0 aromatic heterocycles. The average molecular weight is 377 g/mol. The van der Waals surface area contributed by atoms with E-state index in [0.29, 0.717) is 18.5 Å². The summed E-state index contributed by atoms with van der Waals surface area (Å²) in [6.07, 6.45) is 1.44. The number of hydrogen-bond donors (Lipinski definition) is 2. The van der Waals surface area contributed by atoms with E-state index in [1.54, 1.807) is 25.2 Å². The summed E-state index contributed by atoms with van der Waals surface area (Å²) in [6.45, 7) is 0.339. The predicted octanol–water partition coefficient (Wildman–Crippen LogP) is 2.01. The lowest BCUT2D eigenvalue weighted by molar-refractivity contribution is -0.386. The van der Waals surface area contributed by atoms with E-state index in [1.807, 2.05) is 6.07 Å². The average Bonchev–Trinajstić information content (AvgIpc) is 2.60. The maximum Gasteiger partial charge on any atom is 0.310 e. The van der Waals surface area contributed by atoms with Gasteiger partial charge in [-0.05, 0) is 36.2 Å². The van der Waals surface area contributed by atoms with Gasteiger partial charge in [0.15, 0.2) is 9.84 Å². The highest BCUT2D eigenvalue weighted by Crippen LogP contribution is 2.31. The fourth-order valence-corrected chi connectivity index (χ4v) is 3.37. The quantitative estimate of drug-likeness (QED) is 0.563. The van der Waals surface area contributed by atoms with Gasteiger partial charge < -0.3 is 10.6 Å². The zero-order valence-corrected chi connectivity index (χ0v) is 15.2. The third kappa shape index (κ3) is 4.57. The standard InChI is InChI=1S/C17H19N3O5S/c1-18-17(21)13-6-3-5-12(11-13)9-10-19-14-7-4-8-15(26(2,24)25)16(14)20(22)23/h3-8,11,19H,9-10H2,1-2H3,(H,18,21). The first-order valence-corrected chi connectivity index (χ1v) is 9.65. The van der Waals surface area contributed by atoms with Gasteiger partial charge in [0.1, 0.15) is 10.6 Å². The van der Waals surface area contributed by atoms with Crippen LogP contribution in [0.1, 0.15) is 15.9 Å². The van der Waals surface area contributed by atoms with Gasteiger partial charge >= 0.3 is 5.69 Å². The number of benzene rings is 2. The molecule has 138 valence electrons. The Bertz CT molecular complexity index is 941. The summed E-state index contributed by atoms with van der Waals surface area (Å²) < 4.78 is 23.5. The van der Waals surface area contributed by atoms with Gasteiger partial charge in [-0.15, -0.1) is 0 Å². The molecule has 0 fully saturated rings. The summed E-state index contributed by atoms with van der Waals surface area (Å²) in [4.78, 5) is 22.0. The van der Waals surface area contributed by atoms with Crippen molar-refractivity contribution in [2.75, 3.05) is 25.2 Å². The Morgan fingerprint density at radius 2 is 1.88 bits per heavy atom. The third-order valence-electron chi connectivity index (χ3n) is 3.73. The highest BCUT2D eigenvalue weighted by molar-refractivity contribution is 7.90. The van der Waals surface area contributed by atoms with Crippen molar-refractivity contribution in [3.05, 3.63) is 63.7 Å². The summed E-state index contributed by atoms with van der Waals surface area (Å²) in [7, 11) is -2.18. The fraction of sp³-hybridized carbons (Fsp3) is 0.235. The minimum absolute atomic E-state index is 0.139. The van der Waals surface area contributed by atoms with Crippen LogP contribution in [0.4, 0.5) is 11.4 Å². The Labute approximate surface area is 151 Å². The molecule has 0 bridgehead atoms. The summed E-state index contributed by atoms with van der Waals surface area (Å²) in [6, 6.07) is 11.2. The van der Waals surface area contributed by atoms with Crippen LogP contribution in [0.15, 0.2) is 47.4 Å². The second-order valence-corrected chi connectivity index (χ2v) is 7.62. The summed E-state index contributed by atoms with van der Waals surface area (Å²) in [5, 5.41) is 16.8. The zero-order chi connectivity index (χ0) is 19.3. The number of rotatable bonds is 7. The molecule has 0 saturated heterocycles. The SMILES string of the molecule is CNC(=O)c1cccc(CCNc2cccc(S(C)(=O)=O)c2[N+](=O)[O-])c1. The molecule has 0 atom stereocenters. The molecular weight excluding hydrogens is 358 g/mol. The lowest BCUT2D eigenvalue weighted by Gasteiger charge is -2.10. The molecule has 2 N–H and O–H groups in total. The first-order valence-electron chi connectivity index (χ1n) is 7.76. The monoisotopic (exact) mass is 377 g/mol. The number of sulfone groups is 1. The van der Waals surface area contributed by atoms with Crippen molar-refractivity contribution in [1.82, 2.24) is 5.32 Å². The number of nitrogens with one attached hydrogen (secondary N) is 2. The van der Waals surface area contributed by atoms with E-state index < -0.39 is 20.4 Å². The van der Waals surface area contributed by atoms with Gasteiger partial charge in [0, 0.05) is 25.4 Å². The molecule has 0 aliphatic carbocycles. The van der Waals surface area contributed by atoms with Crippen LogP contribution in [0.2, 0.25) is 0 Å². The number of carbonyl (C=O) groups excluding carboxylic acids is 1.